The van der Waals surface area contributed by atoms with Gasteiger partial charge in [0.05, 0.1) is 6.54 Å². The van der Waals surface area contributed by atoms with Gasteiger partial charge in [0.15, 0.2) is 0 Å². The van der Waals surface area contributed by atoms with Crippen molar-refractivity contribution in [1.82, 2.24) is 15.6 Å². The maximum atomic E-state index is 13.1. The summed E-state index contributed by atoms with van der Waals surface area (Å²) in [4.78, 5) is 30.1. The molecule has 1 unspecified atom stereocenters. The molecule has 4 aromatic rings. The highest BCUT2D eigenvalue weighted by Crippen LogP contribution is 2.31. The van der Waals surface area contributed by atoms with E-state index < -0.39 is 11.7 Å². The number of para-hydroxylation sites is 1. The van der Waals surface area contributed by atoms with Crippen molar-refractivity contribution in [2.24, 2.45) is 0 Å². The molecule has 0 aliphatic rings. The zero-order chi connectivity index (χ0) is 24.1. The Morgan fingerprint density at radius 1 is 0.941 bits per heavy atom. The van der Waals surface area contributed by atoms with Gasteiger partial charge in [0.2, 0.25) is 5.91 Å². The molecule has 1 aromatic heterocycles. The lowest BCUT2D eigenvalue weighted by Crippen LogP contribution is -2.38. The van der Waals surface area contributed by atoms with Crippen molar-refractivity contribution in [3.63, 3.8) is 0 Å². The highest BCUT2D eigenvalue weighted by atomic mass is 19.1. The molecule has 0 saturated carbocycles. The zero-order valence-corrected chi connectivity index (χ0v) is 19.1. The molecule has 3 N–H and O–H groups in total. The maximum absolute atomic E-state index is 13.1. The molecule has 2 amide bonds. The fourth-order valence-electron chi connectivity index (χ4n) is 3.94. The van der Waals surface area contributed by atoms with Gasteiger partial charge in [-0.05, 0) is 53.6 Å². The number of nitrogens with one attached hydrogen (secondary N) is 3. The standard InChI is InChI=1S/C27H27FN4O2/c1-32(2)21-13-9-18(10-14-21)23(24-16-29-25-6-4-3-5-22(24)25)15-30-26(33)17-31-27(34)19-7-11-20(28)12-8-19/h3-14,16,23,29H,15,17H2,1-2H3,(H,30,33)(H,31,34). The number of fused-ring (bicyclic) bond motifs is 1. The van der Waals surface area contributed by atoms with Crippen LogP contribution in [0.5, 0.6) is 0 Å². The van der Waals surface area contributed by atoms with Gasteiger partial charge in [-0.3, -0.25) is 9.59 Å². The van der Waals surface area contributed by atoms with E-state index in [9.17, 15) is 14.0 Å². The molecule has 1 atom stereocenters. The van der Waals surface area contributed by atoms with Crippen LogP contribution in [0, 0.1) is 5.82 Å². The second kappa shape index (κ2) is 10.2. The molecular formula is C27H27FN4O2. The van der Waals surface area contributed by atoms with Crippen LogP contribution in [-0.4, -0.2) is 44.0 Å². The predicted octanol–water partition coefficient (Wildman–Crippen LogP) is 4.05. The third kappa shape index (κ3) is 5.26. The van der Waals surface area contributed by atoms with E-state index in [1.165, 1.54) is 24.3 Å². The average Bonchev–Trinajstić information content (AvgIpc) is 3.27. The van der Waals surface area contributed by atoms with Gasteiger partial charge in [-0.1, -0.05) is 30.3 Å². The summed E-state index contributed by atoms with van der Waals surface area (Å²) in [6.07, 6.45) is 1.98. The van der Waals surface area contributed by atoms with Crippen LogP contribution in [0.4, 0.5) is 10.1 Å². The quantitative estimate of drug-likeness (QED) is 0.373. The first-order valence-corrected chi connectivity index (χ1v) is 11.1. The Labute approximate surface area is 197 Å². The number of rotatable bonds is 8. The van der Waals surface area contributed by atoms with Gasteiger partial charge in [0.25, 0.3) is 5.91 Å². The minimum absolute atomic E-state index is 0.0795. The Morgan fingerprint density at radius 3 is 2.35 bits per heavy atom. The molecule has 174 valence electrons. The van der Waals surface area contributed by atoms with Crippen molar-refractivity contribution in [3.05, 3.63) is 102 Å². The third-order valence-electron chi connectivity index (χ3n) is 5.83. The minimum atomic E-state index is -0.428. The van der Waals surface area contributed by atoms with E-state index in [1.807, 2.05) is 43.4 Å². The summed E-state index contributed by atoms with van der Waals surface area (Å²) in [7, 11) is 3.99. The second-order valence-electron chi connectivity index (χ2n) is 8.32. The van der Waals surface area contributed by atoms with Gasteiger partial charge >= 0.3 is 0 Å². The van der Waals surface area contributed by atoms with E-state index in [0.29, 0.717) is 12.1 Å². The SMILES string of the molecule is CN(C)c1ccc(C(CNC(=O)CNC(=O)c2ccc(F)cc2)c2c[nH]c3ccccc23)cc1. The lowest BCUT2D eigenvalue weighted by Gasteiger charge is -2.20. The van der Waals surface area contributed by atoms with Crippen molar-refractivity contribution < 1.29 is 14.0 Å². The first kappa shape index (κ1) is 23.0. The van der Waals surface area contributed by atoms with Gasteiger partial charge in [0, 0.05) is 54.9 Å². The van der Waals surface area contributed by atoms with Gasteiger partial charge in [-0.15, -0.1) is 0 Å². The molecule has 0 aliphatic carbocycles. The number of halogens is 1. The van der Waals surface area contributed by atoms with Crippen LogP contribution in [0.1, 0.15) is 27.4 Å². The van der Waals surface area contributed by atoms with Crippen LogP contribution in [0.15, 0.2) is 79.0 Å². The smallest absolute Gasteiger partial charge is 0.251 e. The first-order valence-electron chi connectivity index (χ1n) is 11.1. The normalized spacial score (nSPS) is 11.7. The lowest BCUT2D eigenvalue weighted by atomic mass is 9.90. The molecule has 0 fully saturated rings. The number of benzene rings is 3. The predicted molar refractivity (Wildman–Crippen MR) is 133 cm³/mol. The molecule has 0 spiro atoms. The van der Waals surface area contributed by atoms with Crippen molar-refractivity contribution in [3.8, 4) is 0 Å². The van der Waals surface area contributed by atoms with Crippen LogP contribution < -0.4 is 15.5 Å². The van der Waals surface area contributed by atoms with Crippen molar-refractivity contribution >= 4 is 28.4 Å². The van der Waals surface area contributed by atoms with E-state index in [1.54, 1.807) is 0 Å². The van der Waals surface area contributed by atoms with Crippen molar-refractivity contribution in [1.29, 1.82) is 0 Å². The van der Waals surface area contributed by atoms with Gasteiger partial charge < -0.3 is 20.5 Å². The van der Waals surface area contributed by atoms with E-state index in [2.05, 4.69) is 45.9 Å². The highest BCUT2D eigenvalue weighted by Gasteiger charge is 2.19. The molecular weight excluding hydrogens is 431 g/mol. The zero-order valence-electron chi connectivity index (χ0n) is 19.1. The average molecular weight is 459 g/mol. The Balaban J connectivity index is 1.47. The van der Waals surface area contributed by atoms with E-state index in [4.69, 9.17) is 0 Å². The first-order chi connectivity index (χ1) is 16.4. The van der Waals surface area contributed by atoms with Crippen molar-refractivity contribution in [2.75, 3.05) is 32.1 Å². The number of H-pyrrole nitrogens is 1. The molecule has 1 heterocycles. The molecule has 0 radical (unpaired) electrons. The molecule has 6 nitrogen and oxygen atoms in total. The van der Waals surface area contributed by atoms with Crippen LogP contribution in [0.3, 0.4) is 0 Å². The summed E-state index contributed by atoms with van der Waals surface area (Å²) in [5, 5.41) is 6.63. The van der Waals surface area contributed by atoms with Gasteiger partial charge in [0.1, 0.15) is 5.82 Å². The van der Waals surface area contributed by atoms with Crippen LogP contribution >= 0.6 is 0 Å². The van der Waals surface area contributed by atoms with E-state index in [-0.39, 0.29) is 18.4 Å². The van der Waals surface area contributed by atoms with E-state index >= 15 is 0 Å². The monoisotopic (exact) mass is 458 g/mol. The Bertz CT molecular complexity index is 1280. The third-order valence-corrected chi connectivity index (χ3v) is 5.83. The number of aromatic amines is 1. The molecule has 0 saturated heterocycles. The highest BCUT2D eigenvalue weighted by molar-refractivity contribution is 5.96. The Kier molecular flexibility index (Phi) is 6.92. The molecule has 0 bridgehead atoms. The summed E-state index contributed by atoms with van der Waals surface area (Å²) >= 11 is 0. The second-order valence-corrected chi connectivity index (χ2v) is 8.32. The number of aromatic nitrogens is 1. The topological polar surface area (TPSA) is 77.2 Å². The number of nitrogens with zero attached hydrogens (tertiary/aromatic N) is 1. The molecule has 7 heteroatoms. The summed E-state index contributed by atoms with van der Waals surface area (Å²) in [5.41, 5.74) is 4.58. The minimum Gasteiger partial charge on any atom is -0.378 e. The number of anilines is 1. The Morgan fingerprint density at radius 2 is 1.65 bits per heavy atom. The summed E-state index contributed by atoms with van der Waals surface area (Å²) < 4.78 is 13.1. The fourth-order valence-corrected chi connectivity index (χ4v) is 3.94. The number of carbonyl (C=O) groups is 2. The Hall–Kier alpha value is -4.13. The molecule has 0 aliphatic heterocycles. The largest absolute Gasteiger partial charge is 0.378 e. The number of hydrogen-bond acceptors (Lipinski definition) is 3. The lowest BCUT2D eigenvalue weighted by molar-refractivity contribution is -0.120. The van der Waals surface area contributed by atoms with Gasteiger partial charge in [-0.2, -0.15) is 0 Å². The number of amides is 2. The summed E-state index contributed by atoms with van der Waals surface area (Å²) in [5.74, 6) is -1.23. The van der Waals surface area contributed by atoms with Crippen LogP contribution in [-0.2, 0) is 4.79 Å². The molecule has 3 aromatic carbocycles. The summed E-state index contributed by atoms with van der Waals surface area (Å²) in [6.45, 7) is 0.199. The molecule has 4 rings (SSSR count). The van der Waals surface area contributed by atoms with Crippen LogP contribution in [0.25, 0.3) is 10.9 Å². The summed E-state index contributed by atoms with van der Waals surface area (Å²) in [6, 6.07) is 21.5. The number of hydrogen-bond donors (Lipinski definition) is 3. The van der Waals surface area contributed by atoms with Crippen molar-refractivity contribution in [2.45, 2.75) is 5.92 Å². The number of carbonyl (C=O) groups excluding carboxylic acids is 2. The maximum Gasteiger partial charge on any atom is 0.251 e. The van der Waals surface area contributed by atoms with Gasteiger partial charge in [-0.25, -0.2) is 4.39 Å². The fraction of sp³-hybridized carbons (Fsp3) is 0.185. The van der Waals surface area contributed by atoms with Crippen LogP contribution in [0.2, 0.25) is 0 Å². The molecule has 34 heavy (non-hydrogen) atoms. The van der Waals surface area contributed by atoms with E-state index in [0.717, 1.165) is 27.7 Å².